The summed E-state index contributed by atoms with van der Waals surface area (Å²) in [6.07, 6.45) is 2.22. The Hall–Kier alpha value is -0.120. The van der Waals surface area contributed by atoms with Crippen molar-refractivity contribution in [3.05, 3.63) is 0 Å². The van der Waals surface area contributed by atoms with Crippen LogP contribution in [0.5, 0.6) is 0 Å². The van der Waals surface area contributed by atoms with Gasteiger partial charge in [-0.1, -0.05) is 0 Å². The van der Waals surface area contributed by atoms with E-state index in [1.807, 2.05) is 0 Å². The molecule has 0 saturated carbocycles. The predicted octanol–water partition coefficient (Wildman–Crippen LogP) is 0.583. The Kier molecular flexibility index (Phi) is 4.70. The van der Waals surface area contributed by atoms with Gasteiger partial charge >= 0.3 is 0 Å². The zero-order valence-electron chi connectivity index (χ0n) is 8.70. The van der Waals surface area contributed by atoms with E-state index in [1.165, 1.54) is 0 Å². The summed E-state index contributed by atoms with van der Waals surface area (Å²) in [6, 6.07) is 0. The normalized spacial score (nSPS) is 22.2. The van der Waals surface area contributed by atoms with Crippen LogP contribution in [-0.2, 0) is 4.74 Å². The van der Waals surface area contributed by atoms with Gasteiger partial charge in [-0.05, 0) is 38.8 Å². The van der Waals surface area contributed by atoms with E-state index in [0.717, 1.165) is 32.6 Å². The van der Waals surface area contributed by atoms with Gasteiger partial charge in [0, 0.05) is 26.4 Å². The van der Waals surface area contributed by atoms with Crippen LogP contribution < -0.4 is 0 Å². The fraction of sp³-hybridized carbons (Fsp3) is 1.00. The van der Waals surface area contributed by atoms with Crippen LogP contribution in [0, 0.1) is 11.8 Å². The van der Waals surface area contributed by atoms with Crippen LogP contribution in [0.4, 0.5) is 0 Å². The third-order valence-electron chi connectivity index (χ3n) is 2.77. The first-order valence-electron chi connectivity index (χ1n) is 5.07. The Balaban J connectivity index is 2.34. The lowest BCUT2D eigenvalue weighted by molar-refractivity contribution is 0.0268. The van der Waals surface area contributed by atoms with E-state index in [4.69, 9.17) is 4.74 Å². The van der Waals surface area contributed by atoms with Crippen LogP contribution in [0.1, 0.15) is 12.8 Å². The molecule has 0 amide bonds. The molecule has 1 aliphatic heterocycles. The van der Waals surface area contributed by atoms with Crippen molar-refractivity contribution in [3.8, 4) is 0 Å². The maximum atomic E-state index is 9.26. The van der Waals surface area contributed by atoms with Gasteiger partial charge in [-0.15, -0.1) is 0 Å². The Bertz CT molecular complexity index is 133. The fourth-order valence-corrected chi connectivity index (χ4v) is 2.01. The molecule has 0 aromatic carbocycles. The van der Waals surface area contributed by atoms with Crippen molar-refractivity contribution in [2.75, 3.05) is 40.5 Å². The monoisotopic (exact) mass is 187 g/mol. The van der Waals surface area contributed by atoms with Gasteiger partial charge in [0.15, 0.2) is 0 Å². The van der Waals surface area contributed by atoms with Gasteiger partial charge < -0.3 is 14.7 Å². The van der Waals surface area contributed by atoms with Gasteiger partial charge in [-0.2, -0.15) is 0 Å². The number of ether oxygens (including phenoxy) is 1. The van der Waals surface area contributed by atoms with Crippen molar-refractivity contribution in [1.29, 1.82) is 0 Å². The van der Waals surface area contributed by atoms with E-state index in [9.17, 15) is 5.11 Å². The first-order chi connectivity index (χ1) is 6.24. The average Bonchev–Trinajstić information content (AvgIpc) is 2.15. The first-order valence-corrected chi connectivity index (χ1v) is 5.07. The van der Waals surface area contributed by atoms with Crippen LogP contribution in [0.3, 0.4) is 0 Å². The highest BCUT2D eigenvalue weighted by Crippen LogP contribution is 2.23. The molecule has 1 heterocycles. The molecule has 78 valence electrons. The van der Waals surface area contributed by atoms with Crippen molar-refractivity contribution in [1.82, 2.24) is 4.90 Å². The van der Waals surface area contributed by atoms with E-state index in [0.29, 0.717) is 18.4 Å². The quantitative estimate of drug-likeness (QED) is 0.699. The summed E-state index contributed by atoms with van der Waals surface area (Å²) in [5, 5.41) is 9.26. The molecule has 1 N–H and O–H groups in total. The van der Waals surface area contributed by atoms with E-state index in [-0.39, 0.29) is 0 Å². The summed E-state index contributed by atoms with van der Waals surface area (Å²) in [5.74, 6) is 1.08. The second kappa shape index (κ2) is 5.58. The summed E-state index contributed by atoms with van der Waals surface area (Å²) in [6.45, 7) is 3.03. The first kappa shape index (κ1) is 11.0. The molecule has 1 unspecified atom stereocenters. The fourth-order valence-electron chi connectivity index (χ4n) is 2.01. The molecule has 13 heavy (non-hydrogen) atoms. The van der Waals surface area contributed by atoms with Crippen molar-refractivity contribution < 1.29 is 9.84 Å². The van der Waals surface area contributed by atoms with Gasteiger partial charge in [-0.25, -0.2) is 0 Å². The number of aliphatic hydroxyl groups excluding tert-OH is 1. The zero-order chi connectivity index (χ0) is 9.68. The largest absolute Gasteiger partial charge is 0.396 e. The third-order valence-corrected chi connectivity index (χ3v) is 2.77. The minimum atomic E-state index is 0.308. The van der Waals surface area contributed by atoms with E-state index in [2.05, 4.69) is 19.0 Å². The van der Waals surface area contributed by atoms with Gasteiger partial charge in [0.05, 0.1) is 0 Å². The van der Waals surface area contributed by atoms with Gasteiger partial charge in [-0.3, -0.25) is 0 Å². The maximum Gasteiger partial charge on any atom is 0.0474 e. The SMILES string of the molecule is CN(C)CC(CO)C1CCOCC1. The Labute approximate surface area is 80.7 Å². The average molecular weight is 187 g/mol. The van der Waals surface area contributed by atoms with Crippen LogP contribution in [0.25, 0.3) is 0 Å². The lowest BCUT2D eigenvalue weighted by atomic mass is 9.86. The highest BCUT2D eigenvalue weighted by Gasteiger charge is 2.23. The molecule has 1 rings (SSSR count). The number of hydrogen-bond donors (Lipinski definition) is 1. The third kappa shape index (κ3) is 3.63. The molecule has 1 aliphatic rings. The van der Waals surface area contributed by atoms with Crippen molar-refractivity contribution in [2.45, 2.75) is 12.8 Å². The van der Waals surface area contributed by atoms with E-state index >= 15 is 0 Å². The van der Waals surface area contributed by atoms with Crippen LogP contribution in [0.15, 0.2) is 0 Å². The number of aliphatic hydroxyl groups is 1. The maximum absolute atomic E-state index is 9.26. The summed E-state index contributed by atoms with van der Waals surface area (Å²) in [7, 11) is 4.12. The summed E-state index contributed by atoms with van der Waals surface area (Å²) < 4.78 is 5.30. The highest BCUT2D eigenvalue weighted by atomic mass is 16.5. The molecule has 1 fully saturated rings. The van der Waals surface area contributed by atoms with Crippen LogP contribution in [0.2, 0.25) is 0 Å². The Morgan fingerprint density at radius 2 is 2.00 bits per heavy atom. The topological polar surface area (TPSA) is 32.7 Å². The minimum absolute atomic E-state index is 0.308. The molecule has 1 atom stereocenters. The smallest absolute Gasteiger partial charge is 0.0474 e. The zero-order valence-corrected chi connectivity index (χ0v) is 8.70. The number of hydrogen-bond acceptors (Lipinski definition) is 3. The Morgan fingerprint density at radius 1 is 1.38 bits per heavy atom. The van der Waals surface area contributed by atoms with Gasteiger partial charge in [0.1, 0.15) is 0 Å². The molecule has 1 saturated heterocycles. The summed E-state index contributed by atoms with van der Waals surface area (Å²) in [4.78, 5) is 2.15. The molecule has 3 nitrogen and oxygen atoms in total. The minimum Gasteiger partial charge on any atom is -0.396 e. The van der Waals surface area contributed by atoms with E-state index in [1.54, 1.807) is 0 Å². The Morgan fingerprint density at radius 3 is 2.46 bits per heavy atom. The number of nitrogens with zero attached hydrogens (tertiary/aromatic N) is 1. The predicted molar refractivity (Wildman–Crippen MR) is 52.7 cm³/mol. The summed E-state index contributed by atoms with van der Waals surface area (Å²) in [5.41, 5.74) is 0. The van der Waals surface area contributed by atoms with Crippen molar-refractivity contribution in [3.63, 3.8) is 0 Å². The molecule has 0 aromatic rings. The molecule has 0 spiro atoms. The van der Waals surface area contributed by atoms with Crippen LogP contribution >= 0.6 is 0 Å². The summed E-state index contributed by atoms with van der Waals surface area (Å²) >= 11 is 0. The molecule has 0 aromatic heterocycles. The van der Waals surface area contributed by atoms with Gasteiger partial charge in [0.25, 0.3) is 0 Å². The van der Waals surface area contributed by atoms with Gasteiger partial charge in [0.2, 0.25) is 0 Å². The lowest BCUT2D eigenvalue weighted by Crippen LogP contribution is -2.33. The standard InChI is InChI=1S/C10H21NO2/c1-11(2)7-10(8-12)9-3-5-13-6-4-9/h9-10,12H,3-8H2,1-2H3. The van der Waals surface area contributed by atoms with Crippen LogP contribution in [-0.4, -0.2) is 50.5 Å². The molecule has 0 bridgehead atoms. The number of rotatable bonds is 4. The molecular weight excluding hydrogens is 166 g/mol. The van der Waals surface area contributed by atoms with Crippen molar-refractivity contribution >= 4 is 0 Å². The lowest BCUT2D eigenvalue weighted by Gasteiger charge is -2.30. The second-order valence-electron chi connectivity index (χ2n) is 4.15. The molecule has 0 radical (unpaired) electrons. The molecule has 0 aliphatic carbocycles. The molecule has 3 heteroatoms. The highest BCUT2D eigenvalue weighted by molar-refractivity contribution is 4.73. The van der Waals surface area contributed by atoms with Crippen molar-refractivity contribution in [2.24, 2.45) is 11.8 Å². The van der Waals surface area contributed by atoms with E-state index < -0.39 is 0 Å². The second-order valence-corrected chi connectivity index (χ2v) is 4.15. The molecular formula is C10H21NO2.